The molecule has 0 bridgehead atoms. The molecule has 1 saturated heterocycles. The zero-order valence-corrected chi connectivity index (χ0v) is 17.9. The molecule has 1 unspecified atom stereocenters. The number of piperidine rings is 1. The third-order valence-electron chi connectivity index (χ3n) is 5.15. The van der Waals surface area contributed by atoms with Gasteiger partial charge in [-0.2, -0.15) is 4.31 Å². The quantitative estimate of drug-likeness (QED) is 0.720. The number of hydrogen-bond acceptors (Lipinski definition) is 6. The van der Waals surface area contributed by atoms with Crippen LogP contribution in [-0.2, 0) is 10.0 Å². The van der Waals surface area contributed by atoms with Crippen LogP contribution in [0.2, 0.25) is 0 Å². The molecule has 0 radical (unpaired) electrons. The number of rotatable bonds is 5. The molecule has 1 fully saturated rings. The predicted molar refractivity (Wildman–Crippen MR) is 110 cm³/mol. The second kappa shape index (κ2) is 8.33. The van der Waals surface area contributed by atoms with Gasteiger partial charge in [0.2, 0.25) is 10.0 Å². The van der Waals surface area contributed by atoms with Gasteiger partial charge in [-0.1, -0.05) is 18.6 Å². The summed E-state index contributed by atoms with van der Waals surface area (Å²) < 4.78 is 39.2. The number of hydrogen-bond donors (Lipinski definition) is 0. The van der Waals surface area contributed by atoms with Crippen LogP contribution in [0.15, 0.2) is 40.6 Å². The van der Waals surface area contributed by atoms with Gasteiger partial charge in [-0.15, -0.1) is 11.3 Å². The molecule has 2 aliphatic rings. The van der Waals surface area contributed by atoms with E-state index in [0.29, 0.717) is 37.7 Å². The second-order valence-corrected chi connectivity index (χ2v) is 10.1. The van der Waals surface area contributed by atoms with Crippen molar-refractivity contribution in [3.8, 4) is 11.5 Å². The lowest BCUT2D eigenvalue weighted by Crippen LogP contribution is -2.42. The Kier molecular flexibility index (Phi) is 5.80. The number of benzene rings is 1. The zero-order valence-electron chi connectivity index (χ0n) is 16.2. The Hall–Kier alpha value is -2.10. The van der Waals surface area contributed by atoms with E-state index in [0.717, 1.165) is 30.6 Å². The van der Waals surface area contributed by atoms with Gasteiger partial charge in [0.25, 0.3) is 5.91 Å². The number of para-hydroxylation sites is 2. The summed E-state index contributed by atoms with van der Waals surface area (Å²) in [6.45, 7) is 1.65. The molecular weight excluding hydrogens is 412 g/mol. The smallest absolute Gasteiger partial charge is 0.265 e. The van der Waals surface area contributed by atoms with Gasteiger partial charge in [0.15, 0.2) is 17.6 Å². The molecule has 3 heterocycles. The van der Waals surface area contributed by atoms with E-state index in [1.54, 1.807) is 12.4 Å². The molecule has 2 aromatic rings. The standard InChI is InChI=1S/C20H24N2O5S2/c1-21(13-15-14-26-16-7-3-4-8-17(16)27-15)20(23)19-18(9-12-28-19)29(24,25)22-10-5-2-6-11-22/h3-4,7-9,12,15H,2,5-6,10-11,13-14H2,1H3. The van der Waals surface area contributed by atoms with Crippen LogP contribution in [0.5, 0.6) is 11.5 Å². The number of likely N-dealkylation sites (N-methyl/N-ethyl adjacent to an activating group) is 1. The van der Waals surface area contributed by atoms with Crippen LogP contribution in [0.1, 0.15) is 28.9 Å². The number of thiophene rings is 1. The Morgan fingerprint density at radius 3 is 2.66 bits per heavy atom. The monoisotopic (exact) mass is 436 g/mol. The van der Waals surface area contributed by atoms with E-state index in [4.69, 9.17) is 9.47 Å². The molecule has 29 heavy (non-hydrogen) atoms. The maximum absolute atomic E-state index is 13.0. The van der Waals surface area contributed by atoms with Gasteiger partial charge < -0.3 is 14.4 Å². The molecule has 7 nitrogen and oxygen atoms in total. The van der Waals surface area contributed by atoms with Crippen molar-refractivity contribution in [2.75, 3.05) is 33.3 Å². The van der Waals surface area contributed by atoms with Crippen molar-refractivity contribution in [1.29, 1.82) is 0 Å². The van der Waals surface area contributed by atoms with Crippen molar-refractivity contribution in [2.45, 2.75) is 30.3 Å². The lowest BCUT2D eigenvalue weighted by Gasteiger charge is -2.30. The maximum Gasteiger partial charge on any atom is 0.265 e. The summed E-state index contributed by atoms with van der Waals surface area (Å²) in [5.41, 5.74) is 0. The SMILES string of the molecule is CN(CC1COc2ccccc2O1)C(=O)c1sccc1S(=O)(=O)N1CCCCC1. The fourth-order valence-corrected chi connectivity index (χ4v) is 6.52. The molecule has 156 valence electrons. The molecule has 2 aliphatic heterocycles. The van der Waals surface area contributed by atoms with Crippen molar-refractivity contribution in [2.24, 2.45) is 0 Å². The van der Waals surface area contributed by atoms with Gasteiger partial charge in [0, 0.05) is 20.1 Å². The highest BCUT2D eigenvalue weighted by Gasteiger charge is 2.33. The fourth-order valence-electron chi connectivity index (χ4n) is 3.62. The van der Waals surface area contributed by atoms with Crippen LogP contribution >= 0.6 is 11.3 Å². The number of sulfonamides is 1. The maximum atomic E-state index is 13.0. The minimum atomic E-state index is -3.66. The number of fused-ring (bicyclic) bond motifs is 1. The molecule has 0 saturated carbocycles. The largest absolute Gasteiger partial charge is 0.486 e. The van der Waals surface area contributed by atoms with Crippen molar-refractivity contribution in [3.05, 3.63) is 40.6 Å². The Morgan fingerprint density at radius 2 is 1.90 bits per heavy atom. The second-order valence-electron chi connectivity index (χ2n) is 7.26. The lowest BCUT2D eigenvalue weighted by molar-refractivity contribution is 0.0521. The average Bonchev–Trinajstić information content (AvgIpc) is 3.24. The molecule has 1 amide bonds. The van der Waals surface area contributed by atoms with Crippen molar-refractivity contribution in [3.63, 3.8) is 0 Å². The number of ether oxygens (including phenoxy) is 2. The van der Waals surface area contributed by atoms with Crippen molar-refractivity contribution in [1.82, 2.24) is 9.21 Å². The Labute approximate surface area is 174 Å². The summed E-state index contributed by atoms with van der Waals surface area (Å²) >= 11 is 1.16. The van der Waals surface area contributed by atoms with Crippen LogP contribution < -0.4 is 9.47 Å². The molecule has 1 aromatic heterocycles. The van der Waals surface area contributed by atoms with E-state index in [1.807, 2.05) is 24.3 Å². The fraction of sp³-hybridized carbons (Fsp3) is 0.450. The summed E-state index contributed by atoms with van der Waals surface area (Å²) in [4.78, 5) is 14.9. The number of carbonyl (C=O) groups excluding carboxylic acids is 1. The molecule has 0 aliphatic carbocycles. The van der Waals surface area contributed by atoms with Crippen molar-refractivity contribution < 1.29 is 22.7 Å². The highest BCUT2D eigenvalue weighted by molar-refractivity contribution is 7.89. The summed E-state index contributed by atoms with van der Waals surface area (Å²) in [7, 11) is -2.00. The van der Waals surface area contributed by atoms with E-state index in [-0.39, 0.29) is 21.8 Å². The summed E-state index contributed by atoms with van der Waals surface area (Å²) in [5, 5.41) is 1.66. The van der Waals surface area contributed by atoms with Gasteiger partial charge in [0.05, 0.1) is 6.54 Å². The lowest BCUT2D eigenvalue weighted by atomic mass is 10.2. The van der Waals surface area contributed by atoms with Gasteiger partial charge >= 0.3 is 0 Å². The molecule has 4 rings (SSSR count). The first kappa shape index (κ1) is 20.2. The molecule has 9 heteroatoms. The summed E-state index contributed by atoms with van der Waals surface area (Å²) in [5.74, 6) is 1.01. The van der Waals surface area contributed by atoms with Gasteiger partial charge in [-0.3, -0.25) is 4.79 Å². The van der Waals surface area contributed by atoms with E-state index in [9.17, 15) is 13.2 Å². The summed E-state index contributed by atoms with van der Waals surface area (Å²) in [6, 6.07) is 8.93. The highest BCUT2D eigenvalue weighted by Crippen LogP contribution is 2.32. The van der Waals surface area contributed by atoms with E-state index < -0.39 is 10.0 Å². The number of carbonyl (C=O) groups is 1. The first-order valence-electron chi connectivity index (χ1n) is 9.68. The average molecular weight is 437 g/mol. The zero-order chi connectivity index (χ0) is 20.4. The van der Waals surface area contributed by atoms with Crippen LogP contribution in [0.25, 0.3) is 0 Å². The molecule has 1 atom stereocenters. The Morgan fingerprint density at radius 1 is 1.17 bits per heavy atom. The van der Waals surface area contributed by atoms with Crippen LogP contribution in [0.3, 0.4) is 0 Å². The van der Waals surface area contributed by atoms with Gasteiger partial charge in [-0.05, 0) is 36.4 Å². The predicted octanol–water partition coefficient (Wildman–Crippen LogP) is 2.83. The summed E-state index contributed by atoms with van der Waals surface area (Å²) in [6.07, 6.45) is 2.43. The van der Waals surface area contributed by atoms with E-state index >= 15 is 0 Å². The van der Waals surface area contributed by atoms with Crippen LogP contribution in [0, 0.1) is 0 Å². The minimum Gasteiger partial charge on any atom is -0.486 e. The Balaban J connectivity index is 1.47. The Bertz CT molecular complexity index is 982. The first-order chi connectivity index (χ1) is 14.0. The molecule has 1 aromatic carbocycles. The molecular formula is C20H24N2O5S2. The topological polar surface area (TPSA) is 76.1 Å². The van der Waals surface area contributed by atoms with Crippen molar-refractivity contribution >= 4 is 27.3 Å². The molecule has 0 N–H and O–H groups in total. The highest BCUT2D eigenvalue weighted by atomic mass is 32.2. The third kappa shape index (κ3) is 4.12. The first-order valence-corrected chi connectivity index (χ1v) is 12.0. The number of nitrogens with zero attached hydrogens (tertiary/aromatic N) is 2. The number of amides is 1. The van der Waals surface area contributed by atoms with E-state index in [2.05, 4.69) is 0 Å². The van der Waals surface area contributed by atoms with E-state index in [1.165, 1.54) is 15.3 Å². The third-order valence-corrected chi connectivity index (χ3v) is 8.12. The van der Waals surface area contributed by atoms with Gasteiger partial charge in [-0.25, -0.2) is 8.42 Å². The van der Waals surface area contributed by atoms with Crippen LogP contribution in [0.4, 0.5) is 0 Å². The van der Waals surface area contributed by atoms with Gasteiger partial charge in [0.1, 0.15) is 16.4 Å². The molecule has 0 spiro atoms. The normalized spacial score (nSPS) is 19.7. The van der Waals surface area contributed by atoms with Crippen LogP contribution in [-0.4, -0.2) is 62.9 Å². The minimum absolute atomic E-state index is 0.104.